The fraction of sp³-hybridized carbons (Fsp3) is 0.400. The molecule has 2 heterocycles. The highest BCUT2D eigenvalue weighted by molar-refractivity contribution is 14.1. The highest BCUT2D eigenvalue weighted by Gasteiger charge is 2.12. The summed E-state index contributed by atoms with van der Waals surface area (Å²) in [4.78, 5) is 0. The summed E-state index contributed by atoms with van der Waals surface area (Å²) in [7, 11) is 0. The van der Waals surface area contributed by atoms with Gasteiger partial charge in [-0.25, -0.2) is 2.90 Å². The first-order valence-electron chi connectivity index (χ1n) is 4.71. The minimum Gasteiger partial charge on any atom is -0.360 e. The van der Waals surface area contributed by atoms with Crippen LogP contribution in [-0.4, -0.2) is 13.2 Å². The number of hydrogen-bond acceptors (Lipinski definition) is 3. The molecule has 0 radical (unpaired) electrons. The van der Waals surface area contributed by atoms with E-state index in [1.54, 1.807) is 2.90 Å². The van der Waals surface area contributed by atoms with Crippen LogP contribution in [0.1, 0.15) is 28.3 Å². The monoisotopic (exact) mass is 317 g/mol. The van der Waals surface area contributed by atoms with E-state index >= 15 is 0 Å². The molecule has 2 aromatic heterocycles. The summed E-state index contributed by atoms with van der Waals surface area (Å²) in [5.74, 6) is 0.908. The quantitative estimate of drug-likeness (QED) is 0.800. The molecule has 2 rings (SSSR count). The van der Waals surface area contributed by atoms with Gasteiger partial charge in [-0.05, 0) is 26.3 Å². The summed E-state index contributed by atoms with van der Waals surface area (Å²) in [6.07, 6.45) is 2.71. The van der Waals surface area contributed by atoms with Gasteiger partial charge in [-0.1, -0.05) is 5.16 Å². The Hall–Kier alpha value is -0.850. The zero-order valence-corrected chi connectivity index (χ0v) is 11.1. The van der Waals surface area contributed by atoms with Crippen molar-refractivity contribution in [2.45, 2.75) is 27.2 Å². The fourth-order valence-electron chi connectivity index (χ4n) is 1.41. The van der Waals surface area contributed by atoms with Crippen molar-refractivity contribution in [1.29, 1.82) is 0 Å². The first-order chi connectivity index (χ1) is 7.08. The molecular weight excluding hydrogens is 305 g/mol. The Labute approximate surface area is 102 Å². The Kier molecular flexibility index (Phi) is 2.81. The van der Waals surface area contributed by atoms with Crippen molar-refractivity contribution in [2.75, 3.05) is 0 Å². The molecule has 0 atom stereocenters. The summed E-state index contributed by atoms with van der Waals surface area (Å²) in [5, 5.41) is 8.31. The van der Waals surface area contributed by atoms with Gasteiger partial charge in [-0.15, -0.1) is 0 Å². The largest absolute Gasteiger partial charge is 0.360 e. The second-order valence-electron chi connectivity index (χ2n) is 3.64. The van der Waals surface area contributed by atoms with Crippen LogP contribution in [0.3, 0.4) is 0 Å². The zero-order chi connectivity index (χ0) is 11.0. The number of halogens is 1. The van der Waals surface area contributed by atoms with Gasteiger partial charge >= 0.3 is 0 Å². The van der Waals surface area contributed by atoms with Crippen molar-refractivity contribution in [3.05, 3.63) is 34.5 Å². The number of aryl methyl sites for hydroxylation is 2. The van der Waals surface area contributed by atoms with Gasteiger partial charge in [-0.2, -0.15) is 5.10 Å². The van der Waals surface area contributed by atoms with Crippen LogP contribution in [0.15, 0.2) is 10.7 Å². The van der Waals surface area contributed by atoms with Gasteiger partial charge in [0.2, 0.25) is 0 Å². The van der Waals surface area contributed by atoms with E-state index in [1.165, 1.54) is 5.56 Å². The molecule has 0 N–H and O–H groups in total. The lowest BCUT2D eigenvalue weighted by atomic mass is 10.1. The molecule has 15 heavy (non-hydrogen) atoms. The van der Waals surface area contributed by atoms with Gasteiger partial charge < -0.3 is 4.52 Å². The first-order valence-corrected chi connectivity index (χ1v) is 5.67. The summed E-state index contributed by atoms with van der Waals surface area (Å²) in [5.41, 5.74) is 4.30. The normalized spacial score (nSPS) is 10.9. The Morgan fingerprint density at radius 3 is 2.60 bits per heavy atom. The summed E-state index contributed by atoms with van der Waals surface area (Å²) in [6.45, 7) is 6.03. The summed E-state index contributed by atoms with van der Waals surface area (Å²) < 4.78 is 7.05. The molecule has 0 saturated carbocycles. The van der Waals surface area contributed by atoms with Crippen LogP contribution in [0.2, 0.25) is 0 Å². The maximum absolute atomic E-state index is 5.26. The number of aromatic nitrogens is 3. The second kappa shape index (κ2) is 3.96. The molecule has 0 aliphatic heterocycles. The minimum atomic E-state index is 0.717. The van der Waals surface area contributed by atoms with Crippen LogP contribution in [-0.2, 0) is 6.42 Å². The highest BCUT2D eigenvalue weighted by atomic mass is 127. The lowest BCUT2D eigenvalue weighted by Gasteiger charge is -1.95. The van der Waals surface area contributed by atoms with Crippen molar-refractivity contribution < 1.29 is 4.52 Å². The van der Waals surface area contributed by atoms with Crippen LogP contribution < -0.4 is 0 Å². The smallest absolute Gasteiger partial charge is 0.145 e. The zero-order valence-electron chi connectivity index (χ0n) is 8.91. The van der Waals surface area contributed by atoms with E-state index in [4.69, 9.17) is 4.52 Å². The van der Waals surface area contributed by atoms with Crippen molar-refractivity contribution in [3.8, 4) is 0 Å². The molecule has 0 saturated heterocycles. The van der Waals surface area contributed by atoms with Gasteiger partial charge in [-0.3, -0.25) is 0 Å². The van der Waals surface area contributed by atoms with E-state index in [1.807, 2.05) is 20.0 Å². The molecule has 0 aliphatic carbocycles. The summed E-state index contributed by atoms with van der Waals surface area (Å²) >= 11 is 2.14. The van der Waals surface area contributed by atoms with E-state index < -0.39 is 0 Å². The molecule has 0 unspecified atom stereocenters. The van der Waals surface area contributed by atoms with E-state index in [0.717, 1.165) is 22.7 Å². The lowest BCUT2D eigenvalue weighted by Crippen LogP contribution is -1.92. The Bertz CT molecular complexity index is 487. The Morgan fingerprint density at radius 1 is 1.40 bits per heavy atom. The fourth-order valence-corrected chi connectivity index (χ4v) is 2.09. The molecule has 0 spiro atoms. The van der Waals surface area contributed by atoms with E-state index in [9.17, 15) is 0 Å². The number of hydrogen-bond donors (Lipinski definition) is 0. The van der Waals surface area contributed by atoms with Gasteiger partial charge in [0.1, 0.15) is 5.76 Å². The van der Waals surface area contributed by atoms with Crippen LogP contribution >= 0.6 is 22.9 Å². The molecule has 0 aromatic carbocycles. The van der Waals surface area contributed by atoms with Crippen molar-refractivity contribution in [2.24, 2.45) is 0 Å². The van der Waals surface area contributed by atoms with Crippen molar-refractivity contribution >= 4 is 22.9 Å². The maximum Gasteiger partial charge on any atom is 0.145 e. The van der Waals surface area contributed by atoms with E-state index in [-0.39, 0.29) is 0 Å². The van der Waals surface area contributed by atoms with E-state index in [0.29, 0.717) is 6.42 Å². The molecule has 0 aliphatic rings. The first kappa shape index (κ1) is 10.7. The van der Waals surface area contributed by atoms with Gasteiger partial charge in [0.15, 0.2) is 0 Å². The molecular formula is C10H12IN3O. The topological polar surface area (TPSA) is 43.9 Å². The predicted octanol–water partition coefficient (Wildman–Crippen LogP) is 2.59. The lowest BCUT2D eigenvalue weighted by molar-refractivity contribution is 0.384. The van der Waals surface area contributed by atoms with Crippen molar-refractivity contribution in [3.63, 3.8) is 0 Å². The standard InChI is InChI=1S/C10H12IN3O/c1-6-5-14(11)12-9(6)4-10-7(2)8(3)13-15-10/h5H,4H2,1-3H3. The van der Waals surface area contributed by atoms with Crippen LogP contribution in [0.4, 0.5) is 0 Å². The maximum atomic E-state index is 5.26. The Balaban J connectivity index is 2.29. The average Bonchev–Trinajstić information content (AvgIpc) is 2.64. The third kappa shape index (κ3) is 2.06. The van der Waals surface area contributed by atoms with Crippen LogP contribution in [0.5, 0.6) is 0 Å². The van der Waals surface area contributed by atoms with Crippen LogP contribution in [0.25, 0.3) is 0 Å². The average molecular weight is 317 g/mol. The molecule has 0 amide bonds. The molecule has 80 valence electrons. The minimum absolute atomic E-state index is 0.717. The highest BCUT2D eigenvalue weighted by Crippen LogP contribution is 2.18. The number of rotatable bonds is 2. The van der Waals surface area contributed by atoms with Crippen LogP contribution in [0, 0.1) is 20.8 Å². The molecule has 0 bridgehead atoms. The number of nitrogens with zero attached hydrogens (tertiary/aromatic N) is 3. The SMILES string of the molecule is Cc1cn(I)nc1Cc1onc(C)c1C. The molecule has 5 heteroatoms. The second-order valence-corrected chi connectivity index (χ2v) is 4.63. The Morgan fingerprint density at radius 2 is 2.13 bits per heavy atom. The molecule has 2 aromatic rings. The molecule has 4 nitrogen and oxygen atoms in total. The summed E-state index contributed by atoms with van der Waals surface area (Å²) in [6, 6.07) is 0. The predicted molar refractivity (Wildman–Crippen MR) is 65.2 cm³/mol. The van der Waals surface area contributed by atoms with Crippen molar-refractivity contribution in [1.82, 2.24) is 13.2 Å². The van der Waals surface area contributed by atoms with Gasteiger partial charge in [0.25, 0.3) is 0 Å². The van der Waals surface area contributed by atoms with E-state index in [2.05, 4.69) is 40.0 Å². The van der Waals surface area contributed by atoms with Gasteiger partial charge in [0, 0.05) is 11.8 Å². The molecule has 0 fully saturated rings. The third-order valence-corrected chi connectivity index (χ3v) is 3.05. The van der Waals surface area contributed by atoms with Gasteiger partial charge in [0.05, 0.1) is 40.7 Å². The third-order valence-electron chi connectivity index (χ3n) is 2.55.